The summed E-state index contributed by atoms with van der Waals surface area (Å²) in [4.78, 5) is 35.9. The van der Waals surface area contributed by atoms with Crippen molar-refractivity contribution in [2.75, 3.05) is 18.9 Å². The fraction of sp³-hybridized carbons (Fsp3) is 0.474. The Kier molecular flexibility index (Phi) is 4.80. The number of carbonyl (C=O) groups excluding carboxylic acids is 1. The largest absolute Gasteiger partial charge is 0.307 e. The van der Waals surface area contributed by atoms with Crippen LogP contribution in [0.5, 0.6) is 0 Å². The van der Waals surface area contributed by atoms with Crippen LogP contribution in [0.2, 0.25) is 0 Å². The van der Waals surface area contributed by atoms with Gasteiger partial charge in [0.2, 0.25) is 5.91 Å². The lowest BCUT2D eigenvalue weighted by Gasteiger charge is -2.20. The molecule has 0 spiro atoms. The molecule has 28 heavy (non-hydrogen) atoms. The van der Waals surface area contributed by atoms with Crippen molar-refractivity contribution in [1.82, 2.24) is 24.6 Å². The van der Waals surface area contributed by atoms with Gasteiger partial charge in [-0.05, 0) is 32.9 Å². The Hall–Kier alpha value is -2.52. The number of hydrogen-bond acceptors (Lipinski definition) is 6. The van der Waals surface area contributed by atoms with E-state index < -0.39 is 0 Å². The number of amides is 1. The molecule has 2 N–H and O–H groups in total. The van der Waals surface area contributed by atoms with E-state index in [1.165, 1.54) is 16.2 Å². The topological polar surface area (TPSA) is 95.9 Å². The van der Waals surface area contributed by atoms with Crippen LogP contribution in [-0.2, 0) is 31.2 Å². The number of hydrogen-bond donors (Lipinski definition) is 2. The summed E-state index contributed by atoms with van der Waals surface area (Å²) in [5.74, 6) is -0.124. The molecule has 1 aliphatic rings. The molecule has 0 atom stereocenters. The second-order valence-corrected chi connectivity index (χ2v) is 8.50. The number of anilines is 1. The molecule has 8 nitrogen and oxygen atoms in total. The van der Waals surface area contributed by atoms with Crippen LogP contribution < -0.4 is 10.9 Å². The van der Waals surface area contributed by atoms with Crippen LogP contribution in [0.1, 0.15) is 33.8 Å². The van der Waals surface area contributed by atoms with Gasteiger partial charge in [-0.25, -0.2) is 4.98 Å². The minimum Gasteiger partial charge on any atom is -0.307 e. The molecular formula is C19H24N6O2S. The fourth-order valence-corrected chi connectivity index (χ4v) is 4.96. The van der Waals surface area contributed by atoms with Gasteiger partial charge in [-0.15, -0.1) is 11.3 Å². The monoisotopic (exact) mass is 400 g/mol. The van der Waals surface area contributed by atoms with Gasteiger partial charge in [0.15, 0.2) is 5.13 Å². The molecular weight excluding hydrogens is 376 g/mol. The maximum atomic E-state index is 12.5. The van der Waals surface area contributed by atoms with Gasteiger partial charge in [0, 0.05) is 48.8 Å². The number of carbonyl (C=O) groups is 1. The molecule has 0 unspecified atom stereocenters. The second kappa shape index (κ2) is 7.14. The van der Waals surface area contributed by atoms with E-state index in [2.05, 4.69) is 32.3 Å². The number of aromatic amines is 1. The molecule has 0 radical (unpaired) electrons. The van der Waals surface area contributed by atoms with Crippen molar-refractivity contribution < 1.29 is 4.79 Å². The molecule has 9 heteroatoms. The fourth-order valence-electron chi connectivity index (χ4n) is 3.85. The highest BCUT2D eigenvalue weighted by atomic mass is 32.1. The predicted octanol–water partition coefficient (Wildman–Crippen LogP) is 1.89. The van der Waals surface area contributed by atoms with Crippen LogP contribution in [0, 0.1) is 13.8 Å². The highest BCUT2D eigenvalue weighted by Crippen LogP contribution is 2.28. The molecule has 148 valence electrons. The number of thiazole rings is 1. The van der Waals surface area contributed by atoms with Crippen molar-refractivity contribution in [2.45, 2.75) is 39.7 Å². The van der Waals surface area contributed by atoms with Crippen LogP contribution in [0.4, 0.5) is 5.13 Å². The van der Waals surface area contributed by atoms with Crippen LogP contribution in [0.3, 0.4) is 0 Å². The smallest absolute Gasteiger partial charge is 0.253 e. The van der Waals surface area contributed by atoms with E-state index in [0.717, 1.165) is 41.8 Å². The highest BCUT2D eigenvalue weighted by Gasteiger charge is 2.20. The van der Waals surface area contributed by atoms with Gasteiger partial charge in [0.1, 0.15) is 5.65 Å². The molecule has 0 bridgehead atoms. The van der Waals surface area contributed by atoms with Crippen molar-refractivity contribution >= 4 is 33.4 Å². The van der Waals surface area contributed by atoms with Crippen LogP contribution in [-0.4, -0.2) is 44.1 Å². The Morgan fingerprint density at radius 1 is 1.32 bits per heavy atom. The summed E-state index contributed by atoms with van der Waals surface area (Å²) in [5.41, 5.74) is 4.04. The van der Waals surface area contributed by atoms with Crippen molar-refractivity contribution in [3.63, 3.8) is 0 Å². The summed E-state index contributed by atoms with van der Waals surface area (Å²) in [6.07, 6.45) is 1.53. The van der Waals surface area contributed by atoms with Crippen molar-refractivity contribution in [1.29, 1.82) is 0 Å². The highest BCUT2D eigenvalue weighted by molar-refractivity contribution is 7.15. The van der Waals surface area contributed by atoms with E-state index in [0.29, 0.717) is 22.8 Å². The quantitative estimate of drug-likeness (QED) is 0.697. The van der Waals surface area contributed by atoms with Gasteiger partial charge in [-0.3, -0.25) is 14.3 Å². The first-order valence-corrected chi connectivity index (χ1v) is 10.2. The summed E-state index contributed by atoms with van der Waals surface area (Å²) < 4.78 is 1.68. The van der Waals surface area contributed by atoms with Crippen molar-refractivity contribution in [2.24, 2.45) is 7.05 Å². The van der Waals surface area contributed by atoms with Crippen molar-refractivity contribution in [3.05, 3.63) is 37.7 Å². The lowest BCUT2D eigenvalue weighted by molar-refractivity contribution is -0.116. The summed E-state index contributed by atoms with van der Waals surface area (Å²) in [6, 6.07) is 0. The Morgan fingerprint density at radius 2 is 2.11 bits per heavy atom. The molecule has 0 aliphatic carbocycles. The van der Waals surface area contributed by atoms with E-state index in [9.17, 15) is 9.59 Å². The summed E-state index contributed by atoms with van der Waals surface area (Å²) >= 11 is 1.54. The lowest BCUT2D eigenvalue weighted by Crippen LogP contribution is -2.25. The predicted molar refractivity (Wildman–Crippen MR) is 110 cm³/mol. The number of nitrogens with zero attached hydrogens (tertiary/aromatic N) is 4. The molecule has 4 rings (SSSR count). The van der Waals surface area contributed by atoms with E-state index in [4.69, 9.17) is 0 Å². The van der Waals surface area contributed by atoms with E-state index in [1.54, 1.807) is 4.68 Å². The number of rotatable bonds is 4. The lowest BCUT2D eigenvalue weighted by atomic mass is 10.0. The Labute approximate surface area is 166 Å². The third-order valence-corrected chi connectivity index (χ3v) is 6.32. The average molecular weight is 401 g/mol. The van der Waals surface area contributed by atoms with Crippen LogP contribution in [0.25, 0.3) is 11.0 Å². The Bertz CT molecular complexity index is 1130. The molecule has 3 aromatic rings. The number of aromatic nitrogens is 4. The van der Waals surface area contributed by atoms with E-state index in [1.807, 2.05) is 20.9 Å². The molecule has 0 saturated heterocycles. The molecule has 1 amide bonds. The minimum atomic E-state index is -0.159. The van der Waals surface area contributed by atoms with Crippen LogP contribution >= 0.6 is 11.3 Å². The van der Waals surface area contributed by atoms with E-state index >= 15 is 0 Å². The molecule has 1 aliphatic heterocycles. The number of likely N-dealkylation sites (N-methyl/N-ethyl adjacent to an activating group) is 1. The molecule has 0 aromatic carbocycles. The molecule has 4 heterocycles. The number of nitrogens with one attached hydrogen (secondary N) is 2. The maximum Gasteiger partial charge on any atom is 0.253 e. The zero-order chi connectivity index (χ0) is 20.0. The van der Waals surface area contributed by atoms with E-state index in [-0.39, 0.29) is 17.9 Å². The first kappa shape index (κ1) is 18.8. The van der Waals surface area contributed by atoms with Gasteiger partial charge in [0.25, 0.3) is 5.56 Å². The number of pyridine rings is 1. The minimum absolute atomic E-state index is 0.124. The van der Waals surface area contributed by atoms with Gasteiger partial charge in [0.05, 0.1) is 11.4 Å². The Balaban J connectivity index is 1.48. The zero-order valence-corrected chi connectivity index (χ0v) is 17.4. The average Bonchev–Trinajstić information content (AvgIpc) is 3.14. The third kappa shape index (κ3) is 3.35. The first-order valence-electron chi connectivity index (χ1n) is 9.35. The zero-order valence-electron chi connectivity index (χ0n) is 16.5. The second-order valence-electron chi connectivity index (χ2n) is 7.42. The van der Waals surface area contributed by atoms with Gasteiger partial charge in [-0.2, -0.15) is 5.10 Å². The molecule has 0 saturated carbocycles. The summed E-state index contributed by atoms with van der Waals surface area (Å²) in [6.45, 7) is 5.71. The molecule has 0 fully saturated rings. The third-order valence-electron chi connectivity index (χ3n) is 5.33. The number of aryl methyl sites for hydroxylation is 3. The number of H-pyrrole nitrogens is 1. The van der Waals surface area contributed by atoms with Gasteiger partial charge >= 0.3 is 0 Å². The first-order chi connectivity index (χ1) is 13.3. The standard InChI is InChI=1S/C19H24N6O2S/c1-10-12(18(27)22-17-16(10)11(2)23-25(17)4)5-6-15(26)21-19-20-13-7-8-24(3)9-14(13)28-19/h5-9H2,1-4H3,(H,22,27)(H,20,21,26). The summed E-state index contributed by atoms with van der Waals surface area (Å²) in [5, 5.41) is 8.88. The molecule has 3 aromatic heterocycles. The Morgan fingerprint density at radius 3 is 2.89 bits per heavy atom. The SMILES string of the molecule is Cc1nn(C)c2[nH]c(=O)c(CCC(=O)Nc3nc4c(s3)CN(C)CC4)c(C)c12. The normalized spacial score (nSPS) is 14.4. The van der Waals surface area contributed by atoms with Crippen molar-refractivity contribution in [3.8, 4) is 0 Å². The maximum absolute atomic E-state index is 12.5. The van der Waals surface area contributed by atoms with Gasteiger partial charge in [-0.1, -0.05) is 0 Å². The van der Waals surface area contributed by atoms with Gasteiger partial charge < -0.3 is 15.2 Å². The van der Waals surface area contributed by atoms with Crippen LogP contribution in [0.15, 0.2) is 4.79 Å². The number of fused-ring (bicyclic) bond motifs is 2. The summed E-state index contributed by atoms with van der Waals surface area (Å²) in [7, 11) is 3.89.